The largest absolute Gasteiger partial charge is 0.495 e. The van der Waals surface area contributed by atoms with Gasteiger partial charge >= 0.3 is 0 Å². The fourth-order valence-electron chi connectivity index (χ4n) is 1.89. The molecule has 0 radical (unpaired) electrons. The van der Waals surface area contributed by atoms with E-state index in [1.54, 1.807) is 19.5 Å². The van der Waals surface area contributed by atoms with Gasteiger partial charge in [-0.25, -0.2) is 9.97 Å². The van der Waals surface area contributed by atoms with Crippen molar-refractivity contribution < 1.29 is 4.74 Å². The molecule has 2 aromatic heterocycles. The Bertz CT molecular complexity index is 599. The zero-order valence-corrected chi connectivity index (χ0v) is 13.1. The van der Waals surface area contributed by atoms with Gasteiger partial charge in [-0.05, 0) is 12.5 Å². The third kappa shape index (κ3) is 3.90. The first-order valence-electron chi connectivity index (χ1n) is 7.26. The fourth-order valence-corrected chi connectivity index (χ4v) is 1.89. The first kappa shape index (κ1) is 15.2. The van der Waals surface area contributed by atoms with Crippen LogP contribution in [0.3, 0.4) is 0 Å². The quantitative estimate of drug-likeness (QED) is 0.880. The van der Waals surface area contributed by atoms with Crippen LogP contribution in [-0.2, 0) is 0 Å². The zero-order valence-electron chi connectivity index (χ0n) is 13.1. The maximum absolute atomic E-state index is 5.23. The molecule has 0 atom stereocenters. The van der Waals surface area contributed by atoms with Gasteiger partial charge in [0, 0.05) is 30.3 Å². The van der Waals surface area contributed by atoms with Gasteiger partial charge in [-0.3, -0.25) is 4.98 Å². The minimum Gasteiger partial charge on any atom is -0.495 e. The number of nitrogens with one attached hydrogen (secondary N) is 1. The summed E-state index contributed by atoms with van der Waals surface area (Å²) in [6.45, 7) is 7.20. The summed E-state index contributed by atoms with van der Waals surface area (Å²) in [7, 11) is 1.63. The molecule has 0 aliphatic rings. The van der Waals surface area contributed by atoms with E-state index in [4.69, 9.17) is 4.74 Å². The Balaban J connectivity index is 2.43. The third-order valence-corrected chi connectivity index (χ3v) is 3.06. The Morgan fingerprint density at radius 3 is 2.67 bits per heavy atom. The molecule has 5 heteroatoms. The number of methoxy groups -OCH3 is 1. The molecule has 2 aromatic rings. The second-order valence-electron chi connectivity index (χ2n) is 5.19. The van der Waals surface area contributed by atoms with Crippen LogP contribution in [0.15, 0.2) is 24.5 Å². The van der Waals surface area contributed by atoms with Crippen LogP contribution in [0.1, 0.15) is 38.9 Å². The van der Waals surface area contributed by atoms with E-state index in [1.165, 1.54) is 0 Å². The van der Waals surface area contributed by atoms with Gasteiger partial charge in [0.15, 0.2) is 0 Å². The number of pyridine rings is 1. The number of hydrogen-bond acceptors (Lipinski definition) is 5. The van der Waals surface area contributed by atoms with Crippen LogP contribution in [0.25, 0.3) is 11.3 Å². The summed E-state index contributed by atoms with van der Waals surface area (Å²) < 4.78 is 5.23. The Kier molecular flexibility index (Phi) is 5.09. The Hall–Kier alpha value is -2.17. The molecule has 21 heavy (non-hydrogen) atoms. The highest BCUT2D eigenvalue weighted by atomic mass is 16.5. The first-order chi connectivity index (χ1) is 10.1. The minimum atomic E-state index is 0.269. The molecule has 2 heterocycles. The van der Waals surface area contributed by atoms with E-state index in [2.05, 4.69) is 41.0 Å². The van der Waals surface area contributed by atoms with Crippen molar-refractivity contribution in [3.63, 3.8) is 0 Å². The molecule has 112 valence electrons. The monoisotopic (exact) mass is 286 g/mol. The molecule has 2 rings (SSSR count). The van der Waals surface area contributed by atoms with Gasteiger partial charge in [0.05, 0.1) is 19.0 Å². The summed E-state index contributed by atoms with van der Waals surface area (Å²) in [4.78, 5) is 13.4. The fraction of sp³-hybridized carbons (Fsp3) is 0.438. The molecule has 0 saturated carbocycles. The number of rotatable bonds is 6. The lowest BCUT2D eigenvalue weighted by Gasteiger charge is -2.11. The van der Waals surface area contributed by atoms with E-state index in [-0.39, 0.29) is 5.92 Å². The van der Waals surface area contributed by atoms with Crippen LogP contribution in [0, 0.1) is 0 Å². The molecule has 0 unspecified atom stereocenters. The van der Waals surface area contributed by atoms with Crippen molar-refractivity contribution in [1.82, 2.24) is 15.0 Å². The van der Waals surface area contributed by atoms with Crippen molar-refractivity contribution >= 4 is 5.82 Å². The van der Waals surface area contributed by atoms with E-state index in [0.717, 1.165) is 41.6 Å². The molecule has 0 aliphatic carbocycles. The molecule has 1 N–H and O–H groups in total. The van der Waals surface area contributed by atoms with Crippen molar-refractivity contribution in [3.8, 4) is 17.0 Å². The van der Waals surface area contributed by atoms with Crippen LogP contribution in [0.2, 0.25) is 0 Å². The number of nitrogens with zero attached hydrogens (tertiary/aromatic N) is 3. The smallest absolute Gasteiger partial charge is 0.137 e. The lowest BCUT2D eigenvalue weighted by atomic mass is 10.1. The van der Waals surface area contributed by atoms with Crippen LogP contribution in [-0.4, -0.2) is 28.6 Å². The maximum atomic E-state index is 5.23. The number of aromatic nitrogens is 3. The number of hydrogen-bond donors (Lipinski definition) is 1. The summed E-state index contributed by atoms with van der Waals surface area (Å²) in [6.07, 6.45) is 4.53. The number of anilines is 1. The van der Waals surface area contributed by atoms with Gasteiger partial charge in [0.2, 0.25) is 0 Å². The van der Waals surface area contributed by atoms with Crippen LogP contribution in [0.4, 0.5) is 5.82 Å². The Morgan fingerprint density at radius 2 is 2.00 bits per heavy atom. The van der Waals surface area contributed by atoms with Crippen molar-refractivity contribution in [3.05, 3.63) is 30.4 Å². The Morgan fingerprint density at radius 1 is 1.19 bits per heavy atom. The van der Waals surface area contributed by atoms with Gasteiger partial charge in [-0.2, -0.15) is 0 Å². The highest BCUT2D eigenvalue weighted by Crippen LogP contribution is 2.24. The van der Waals surface area contributed by atoms with Gasteiger partial charge in [-0.1, -0.05) is 20.8 Å². The molecule has 0 aliphatic heterocycles. The van der Waals surface area contributed by atoms with Crippen LogP contribution < -0.4 is 10.1 Å². The van der Waals surface area contributed by atoms with E-state index in [1.807, 2.05) is 12.1 Å². The van der Waals surface area contributed by atoms with Gasteiger partial charge in [-0.15, -0.1) is 0 Å². The van der Waals surface area contributed by atoms with E-state index >= 15 is 0 Å². The summed E-state index contributed by atoms with van der Waals surface area (Å²) >= 11 is 0. The standard InChI is InChI=1S/C16H22N4O/c1-5-6-18-15-8-14(19-16(20-15)11(2)3)12-7-13(21-4)10-17-9-12/h7-11H,5-6H2,1-4H3,(H,18,19,20). The Labute approximate surface area is 125 Å². The summed E-state index contributed by atoms with van der Waals surface area (Å²) in [5, 5.41) is 3.33. The van der Waals surface area contributed by atoms with E-state index < -0.39 is 0 Å². The molecule has 0 amide bonds. The van der Waals surface area contributed by atoms with Gasteiger partial charge in [0.25, 0.3) is 0 Å². The summed E-state index contributed by atoms with van der Waals surface area (Å²) in [5.41, 5.74) is 1.79. The van der Waals surface area contributed by atoms with Gasteiger partial charge < -0.3 is 10.1 Å². The third-order valence-electron chi connectivity index (χ3n) is 3.06. The molecular formula is C16H22N4O. The van der Waals surface area contributed by atoms with Crippen molar-refractivity contribution in [2.24, 2.45) is 0 Å². The summed E-state index contributed by atoms with van der Waals surface area (Å²) in [6, 6.07) is 3.89. The van der Waals surface area contributed by atoms with Crippen molar-refractivity contribution in [1.29, 1.82) is 0 Å². The lowest BCUT2D eigenvalue weighted by molar-refractivity contribution is 0.413. The van der Waals surface area contributed by atoms with Crippen LogP contribution >= 0.6 is 0 Å². The number of ether oxygens (including phenoxy) is 1. The molecule has 0 saturated heterocycles. The maximum Gasteiger partial charge on any atom is 0.137 e. The highest BCUT2D eigenvalue weighted by Gasteiger charge is 2.10. The molecule has 0 spiro atoms. The highest BCUT2D eigenvalue weighted by molar-refractivity contribution is 5.63. The van der Waals surface area contributed by atoms with E-state index in [0.29, 0.717) is 0 Å². The normalized spacial score (nSPS) is 10.7. The predicted molar refractivity (Wildman–Crippen MR) is 84.7 cm³/mol. The predicted octanol–water partition coefficient (Wildman–Crippen LogP) is 3.49. The average Bonchev–Trinajstić information content (AvgIpc) is 2.52. The molecule has 0 fully saturated rings. The average molecular weight is 286 g/mol. The van der Waals surface area contributed by atoms with Crippen molar-refractivity contribution in [2.75, 3.05) is 19.0 Å². The lowest BCUT2D eigenvalue weighted by Crippen LogP contribution is -2.07. The van der Waals surface area contributed by atoms with Gasteiger partial charge in [0.1, 0.15) is 17.4 Å². The topological polar surface area (TPSA) is 59.9 Å². The van der Waals surface area contributed by atoms with E-state index in [9.17, 15) is 0 Å². The zero-order chi connectivity index (χ0) is 15.2. The summed E-state index contributed by atoms with van der Waals surface area (Å²) in [5.74, 6) is 2.67. The first-order valence-corrected chi connectivity index (χ1v) is 7.26. The molecule has 0 aromatic carbocycles. The molecule has 0 bridgehead atoms. The molecular weight excluding hydrogens is 264 g/mol. The molecule has 5 nitrogen and oxygen atoms in total. The second kappa shape index (κ2) is 7.02. The second-order valence-corrected chi connectivity index (χ2v) is 5.19. The minimum absolute atomic E-state index is 0.269. The SMILES string of the molecule is CCCNc1cc(-c2cncc(OC)c2)nc(C(C)C)n1. The van der Waals surface area contributed by atoms with Crippen molar-refractivity contribution in [2.45, 2.75) is 33.1 Å². The van der Waals surface area contributed by atoms with Crippen LogP contribution in [0.5, 0.6) is 5.75 Å².